The zero-order chi connectivity index (χ0) is 18.2. The summed E-state index contributed by atoms with van der Waals surface area (Å²) >= 11 is 0. The van der Waals surface area contributed by atoms with Gasteiger partial charge in [-0.25, -0.2) is 5.43 Å². The number of nitrogens with one attached hydrogen (secondary N) is 2. The number of carbonyl (C=O) groups is 2. The van der Waals surface area contributed by atoms with Crippen LogP contribution in [0.5, 0.6) is 0 Å². The van der Waals surface area contributed by atoms with Gasteiger partial charge in [0.2, 0.25) is 0 Å². The van der Waals surface area contributed by atoms with E-state index in [1.54, 1.807) is 24.4 Å². The molecule has 0 aliphatic carbocycles. The van der Waals surface area contributed by atoms with Crippen LogP contribution in [0, 0.1) is 6.92 Å². The number of hydrogen-bond donors (Lipinski definition) is 2. The van der Waals surface area contributed by atoms with Crippen molar-refractivity contribution in [1.29, 1.82) is 0 Å². The first-order valence-electron chi connectivity index (χ1n) is 7.90. The monoisotopic (exact) mass is 338 g/mol. The van der Waals surface area contributed by atoms with Crippen LogP contribution in [0.15, 0.2) is 53.6 Å². The van der Waals surface area contributed by atoms with Crippen molar-refractivity contribution in [3.8, 4) is 0 Å². The number of hydrogen-bond acceptors (Lipinski definition) is 4. The predicted molar refractivity (Wildman–Crippen MR) is 100 cm³/mol. The molecule has 2 aromatic rings. The Bertz CT molecular complexity index is 767. The van der Waals surface area contributed by atoms with Crippen LogP contribution in [0.3, 0.4) is 0 Å². The molecule has 0 aliphatic heterocycles. The molecule has 0 aromatic heterocycles. The first-order chi connectivity index (χ1) is 12.0. The molecule has 0 bridgehead atoms. The molecule has 2 aromatic carbocycles. The van der Waals surface area contributed by atoms with Gasteiger partial charge in [0.15, 0.2) is 0 Å². The largest absolute Gasteiger partial charge is 0.378 e. The highest BCUT2D eigenvalue weighted by atomic mass is 16.2. The minimum absolute atomic E-state index is 0.135. The summed E-state index contributed by atoms with van der Waals surface area (Å²) in [4.78, 5) is 25.7. The number of carbonyl (C=O) groups excluding carboxylic acids is 2. The second-order valence-electron chi connectivity index (χ2n) is 5.83. The Kier molecular flexibility index (Phi) is 6.28. The Hall–Kier alpha value is -3.15. The number of amides is 2. The van der Waals surface area contributed by atoms with Crippen LogP contribution in [-0.2, 0) is 4.79 Å². The Morgan fingerprint density at radius 1 is 1.12 bits per heavy atom. The van der Waals surface area contributed by atoms with Gasteiger partial charge in [-0.1, -0.05) is 29.8 Å². The van der Waals surface area contributed by atoms with E-state index in [9.17, 15) is 9.59 Å². The third kappa shape index (κ3) is 5.76. The lowest BCUT2D eigenvalue weighted by Crippen LogP contribution is -2.34. The van der Waals surface area contributed by atoms with Crippen LogP contribution in [0.2, 0.25) is 0 Å². The van der Waals surface area contributed by atoms with Gasteiger partial charge < -0.3 is 10.2 Å². The van der Waals surface area contributed by atoms with E-state index in [-0.39, 0.29) is 18.4 Å². The Morgan fingerprint density at radius 3 is 2.48 bits per heavy atom. The van der Waals surface area contributed by atoms with E-state index in [2.05, 4.69) is 15.8 Å². The topological polar surface area (TPSA) is 73.8 Å². The maximum atomic E-state index is 12.0. The van der Waals surface area contributed by atoms with Crippen molar-refractivity contribution in [2.75, 3.05) is 25.5 Å². The van der Waals surface area contributed by atoms with Crippen LogP contribution >= 0.6 is 0 Å². The summed E-state index contributed by atoms with van der Waals surface area (Å²) in [7, 11) is 3.93. The van der Waals surface area contributed by atoms with Crippen molar-refractivity contribution in [1.82, 2.24) is 10.7 Å². The fourth-order valence-corrected chi connectivity index (χ4v) is 2.13. The predicted octanol–water partition coefficient (Wildman–Crippen LogP) is 1.94. The fraction of sp³-hybridized carbons (Fsp3) is 0.211. The zero-order valence-electron chi connectivity index (χ0n) is 14.6. The molecule has 0 atom stereocenters. The molecule has 0 spiro atoms. The van der Waals surface area contributed by atoms with Crippen LogP contribution < -0.4 is 15.6 Å². The quantitative estimate of drug-likeness (QED) is 0.624. The summed E-state index contributed by atoms with van der Waals surface area (Å²) < 4.78 is 0. The summed E-state index contributed by atoms with van der Waals surface area (Å²) in [5, 5.41) is 6.46. The molecule has 2 amide bonds. The minimum Gasteiger partial charge on any atom is -0.378 e. The highest BCUT2D eigenvalue weighted by molar-refractivity contribution is 5.96. The average Bonchev–Trinajstić information content (AvgIpc) is 2.60. The van der Waals surface area contributed by atoms with Gasteiger partial charge in [0.25, 0.3) is 11.8 Å². The maximum absolute atomic E-state index is 12.0. The number of anilines is 1. The molecule has 6 nitrogen and oxygen atoms in total. The Balaban J connectivity index is 1.79. The lowest BCUT2D eigenvalue weighted by Gasteiger charge is -2.11. The highest BCUT2D eigenvalue weighted by Gasteiger charge is 2.07. The lowest BCUT2D eigenvalue weighted by molar-refractivity contribution is -0.120. The molecule has 0 unspecified atom stereocenters. The van der Waals surface area contributed by atoms with Gasteiger partial charge in [-0.2, -0.15) is 5.10 Å². The van der Waals surface area contributed by atoms with Gasteiger partial charge in [-0.15, -0.1) is 0 Å². The molecule has 0 saturated heterocycles. The normalized spacial score (nSPS) is 10.5. The van der Waals surface area contributed by atoms with Gasteiger partial charge in [0, 0.05) is 25.3 Å². The van der Waals surface area contributed by atoms with E-state index < -0.39 is 0 Å². The van der Waals surface area contributed by atoms with E-state index in [4.69, 9.17) is 0 Å². The molecular weight excluding hydrogens is 316 g/mol. The summed E-state index contributed by atoms with van der Waals surface area (Å²) in [5.41, 5.74) is 5.86. The molecule has 0 saturated carbocycles. The van der Waals surface area contributed by atoms with Crippen LogP contribution in [-0.4, -0.2) is 38.7 Å². The standard InChI is InChI=1S/C19H22N4O2/c1-14-5-4-6-16(11-14)19(25)20-13-18(24)22-21-12-15-7-9-17(10-8-15)23(2)3/h4-12H,13H2,1-3H3,(H,20,25)(H,22,24)/b21-12+. The number of aryl methyl sites for hydroxylation is 1. The second kappa shape index (κ2) is 8.63. The molecule has 25 heavy (non-hydrogen) atoms. The maximum Gasteiger partial charge on any atom is 0.259 e. The smallest absolute Gasteiger partial charge is 0.259 e. The van der Waals surface area contributed by atoms with Gasteiger partial charge in [0.05, 0.1) is 12.8 Å². The van der Waals surface area contributed by atoms with Crippen molar-refractivity contribution in [2.24, 2.45) is 5.10 Å². The van der Waals surface area contributed by atoms with Crippen molar-refractivity contribution < 1.29 is 9.59 Å². The van der Waals surface area contributed by atoms with Gasteiger partial charge in [-0.3, -0.25) is 9.59 Å². The highest BCUT2D eigenvalue weighted by Crippen LogP contribution is 2.10. The van der Waals surface area contributed by atoms with Crippen molar-refractivity contribution in [3.05, 3.63) is 65.2 Å². The van der Waals surface area contributed by atoms with E-state index in [0.29, 0.717) is 5.56 Å². The zero-order valence-corrected chi connectivity index (χ0v) is 14.6. The molecule has 0 radical (unpaired) electrons. The molecule has 130 valence electrons. The van der Waals surface area contributed by atoms with Crippen molar-refractivity contribution in [3.63, 3.8) is 0 Å². The molecular formula is C19H22N4O2. The molecule has 0 aliphatic rings. The summed E-state index contributed by atoms with van der Waals surface area (Å²) in [6, 6.07) is 14.9. The third-order valence-corrected chi connectivity index (χ3v) is 3.50. The number of nitrogens with zero attached hydrogens (tertiary/aromatic N) is 2. The molecule has 6 heteroatoms. The van der Waals surface area contributed by atoms with E-state index in [0.717, 1.165) is 16.8 Å². The second-order valence-corrected chi connectivity index (χ2v) is 5.83. The number of benzene rings is 2. The summed E-state index contributed by atoms with van der Waals surface area (Å²) in [6.45, 7) is 1.77. The van der Waals surface area contributed by atoms with Gasteiger partial charge in [0.1, 0.15) is 0 Å². The van der Waals surface area contributed by atoms with E-state index >= 15 is 0 Å². The summed E-state index contributed by atoms with van der Waals surface area (Å²) in [6.07, 6.45) is 1.56. The van der Waals surface area contributed by atoms with Crippen LogP contribution in [0.4, 0.5) is 5.69 Å². The Morgan fingerprint density at radius 2 is 1.84 bits per heavy atom. The number of rotatable bonds is 6. The molecule has 0 fully saturated rings. The average molecular weight is 338 g/mol. The lowest BCUT2D eigenvalue weighted by atomic mass is 10.1. The molecule has 0 heterocycles. The van der Waals surface area contributed by atoms with Gasteiger partial charge in [-0.05, 0) is 36.8 Å². The van der Waals surface area contributed by atoms with Crippen molar-refractivity contribution in [2.45, 2.75) is 6.92 Å². The van der Waals surface area contributed by atoms with Crippen LogP contribution in [0.1, 0.15) is 21.5 Å². The first kappa shape index (κ1) is 18.2. The Labute approximate surface area is 147 Å². The van der Waals surface area contributed by atoms with E-state index in [1.807, 2.05) is 56.3 Å². The first-order valence-corrected chi connectivity index (χ1v) is 7.90. The van der Waals surface area contributed by atoms with Crippen molar-refractivity contribution >= 4 is 23.7 Å². The van der Waals surface area contributed by atoms with Crippen LogP contribution in [0.25, 0.3) is 0 Å². The SMILES string of the molecule is Cc1cccc(C(=O)NCC(=O)N/N=C/c2ccc(N(C)C)cc2)c1. The van der Waals surface area contributed by atoms with E-state index in [1.165, 1.54) is 0 Å². The summed E-state index contributed by atoms with van der Waals surface area (Å²) in [5.74, 6) is -0.677. The molecule has 2 N–H and O–H groups in total. The van der Waals surface area contributed by atoms with Gasteiger partial charge >= 0.3 is 0 Å². The minimum atomic E-state index is -0.387. The number of hydrazone groups is 1. The fourth-order valence-electron chi connectivity index (χ4n) is 2.13. The third-order valence-electron chi connectivity index (χ3n) is 3.50. The molecule has 2 rings (SSSR count).